The molecule has 1 aromatic rings. The smallest absolute Gasteiger partial charge is 0.185 e. The largest absolute Gasteiger partial charge is 0.350 e. The SMILES string of the molecule is CSCCN(C)c1nc(C(C)(C)C)c(CN)s1. The predicted octanol–water partition coefficient (Wildman–Crippen LogP) is 2.70. The number of hydrogen-bond donors (Lipinski definition) is 1. The van der Waals surface area contributed by atoms with Crippen molar-refractivity contribution in [3.8, 4) is 0 Å². The minimum absolute atomic E-state index is 0.0732. The van der Waals surface area contributed by atoms with Crippen LogP contribution in [-0.2, 0) is 12.0 Å². The molecule has 0 atom stereocenters. The van der Waals surface area contributed by atoms with Crippen LogP contribution in [0.3, 0.4) is 0 Å². The Morgan fingerprint density at radius 1 is 1.41 bits per heavy atom. The van der Waals surface area contributed by atoms with Crippen LogP contribution in [0.25, 0.3) is 0 Å². The molecule has 0 saturated carbocycles. The van der Waals surface area contributed by atoms with Gasteiger partial charge in [0, 0.05) is 36.2 Å². The van der Waals surface area contributed by atoms with E-state index in [9.17, 15) is 0 Å². The molecule has 0 bridgehead atoms. The minimum atomic E-state index is 0.0732. The number of rotatable bonds is 5. The highest BCUT2D eigenvalue weighted by atomic mass is 32.2. The second-order valence-electron chi connectivity index (χ2n) is 5.14. The molecule has 0 aliphatic rings. The van der Waals surface area contributed by atoms with E-state index in [-0.39, 0.29) is 5.41 Å². The number of thiazole rings is 1. The Labute approximate surface area is 113 Å². The summed E-state index contributed by atoms with van der Waals surface area (Å²) in [6, 6.07) is 0. The van der Waals surface area contributed by atoms with Crippen molar-refractivity contribution in [2.24, 2.45) is 5.73 Å². The standard InChI is InChI=1S/C12H23N3S2/c1-12(2,3)10-9(8-13)17-11(14-10)15(4)6-7-16-5/h6-8,13H2,1-5H3. The summed E-state index contributed by atoms with van der Waals surface area (Å²) < 4.78 is 0. The van der Waals surface area contributed by atoms with E-state index in [0.717, 1.165) is 23.1 Å². The summed E-state index contributed by atoms with van der Waals surface area (Å²) in [5.41, 5.74) is 7.03. The molecule has 0 spiro atoms. The average Bonchev–Trinajstić information content (AvgIpc) is 2.69. The van der Waals surface area contributed by atoms with Gasteiger partial charge in [-0.1, -0.05) is 20.8 Å². The zero-order valence-corrected chi connectivity index (χ0v) is 13.0. The molecule has 2 N–H and O–H groups in total. The number of thioether (sulfide) groups is 1. The average molecular weight is 273 g/mol. The third kappa shape index (κ3) is 3.86. The lowest BCUT2D eigenvalue weighted by Crippen LogP contribution is -2.21. The lowest BCUT2D eigenvalue weighted by Gasteiger charge is -2.17. The first-order valence-electron chi connectivity index (χ1n) is 5.80. The normalized spacial score (nSPS) is 11.9. The van der Waals surface area contributed by atoms with E-state index in [2.05, 4.69) is 39.0 Å². The second-order valence-corrected chi connectivity index (χ2v) is 7.18. The molecule has 0 amide bonds. The fourth-order valence-corrected chi connectivity index (χ4v) is 3.14. The maximum absolute atomic E-state index is 5.81. The maximum atomic E-state index is 5.81. The van der Waals surface area contributed by atoms with Crippen molar-refractivity contribution in [3.63, 3.8) is 0 Å². The topological polar surface area (TPSA) is 42.2 Å². The highest BCUT2D eigenvalue weighted by molar-refractivity contribution is 7.98. The van der Waals surface area contributed by atoms with Gasteiger partial charge in [0.15, 0.2) is 5.13 Å². The molecule has 0 saturated heterocycles. The number of nitrogens with zero attached hydrogens (tertiary/aromatic N) is 2. The Bertz CT molecular complexity index is 355. The molecule has 3 nitrogen and oxygen atoms in total. The first-order chi connectivity index (χ1) is 7.90. The lowest BCUT2D eigenvalue weighted by atomic mass is 9.91. The van der Waals surface area contributed by atoms with Gasteiger partial charge < -0.3 is 10.6 Å². The van der Waals surface area contributed by atoms with Gasteiger partial charge in [0.1, 0.15) is 0 Å². The van der Waals surface area contributed by atoms with Crippen LogP contribution in [0.15, 0.2) is 0 Å². The molecule has 0 aliphatic heterocycles. The van der Waals surface area contributed by atoms with Gasteiger partial charge in [-0.15, -0.1) is 11.3 Å². The van der Waals surface area contributed by atoms with Crippen molar-refractivity contribution in [1.82, 2.24) is 4.98 Å². The van der Waals surface area contributed by atoms with Gasteiger partial charge in [0.2, 0.25) is 0 Å². The van der Waals surface area contributed by atoms with Crippen molar-refractivity contribution < 1.29 is 0 Å². The molecule has 0 radical (unpaired) electrons. The predicted molar refractivity (Wildman–Crippen MR) is 80.4 cm³/mol. The first kappa shape index (κ1) is 14.8. The van der Waals surface area contributed by atoms with Gasteiger partial charge >= 0.3 is 0 Å². The summed E-state index contributed by atoms with van der Waals surface area (Å²) in [6.45, 7) is 8.18. The molecular weight excluding hydrogens is 250 g/mol. The summed E-state index contributed by atoms with van der Waals surface area (Å²) in [6.07, 6.45) is 2.13. The molecule has 1 heterocycles. The molecular formula is C12H23N3S2. The Morgan fingerprint density at radius 2 is 2.06 bits per heavy atom. The summed E-state index contributed by atoms with van der Waals surface area (Å²) in [4.78, 5) is 8.19. The second kappa shape index (κ2) is 6.07. The Balaban J connectivity index is 2.92. The van der Waals surface area contributed by atoms with Crippen LogP contribution in [-0.4, -0.2) is 30.6 Å². The summed E-state index contributed by atoms with van der Waals surface area (Å²) >= 11 is 3.58. The molecule has 5 heteroatoms. The molecule has 98 valence electrons. The van der Waals surface area contributed by atoms with E-state index >= 15 is 0 Å². The number of aromatic nitrogens is 1. The zero-order valence-electron chi connectivity index (χ0n) is 11.4. The minimum Gasteiger partial charge on any atom is -0.350 e. The Hall–Kier alpha value is -0.260. The maximum Gasteiger partial charge on any atom is 0.185 e. The molecule has 0 aromatic carbocycles. The van der Waals surface area contributed by atoms with Crippen LogP contribution >= 0.6 is 23.1 Å². The van der Waals surface area contributed by atoms with Crippen molar-refractivity contribution >= 4 is 28.2 Å². The highest BCUT2D eigenvalue weighted by Crippen LogP contribution is 2.33. The van der Waals surface area contributed by atoms with E-state index in [1.165, 1.54) is 4.88 Å². The van der Waals surface area contributed by atoms with Crippen molar-refractivity contribution in [1.29, 1.82) is 0 Å². The van der Waals surface area contributed by atoms with Crippen molar-refractivity contribution in [2.45, 2.75) is 32.7 Å². The van der Waals surface area contributed by atoms with Crippen LogP contribution in [0.2, 0.25) is 0 Å². The molecule has 17 heavy (non-hydrogen) atoms. The molecule has 0 aliphatic carbocycles. The van der Waals surface area contributed by atoms with Gasteiger partial charge in [-0.25, -0.2) is 4.98 Å². The fraction of sp³-hybridized carbons (Fsp3) is 0.750. The van der Waals surface area contributed by atoms with Gasteiger partial charge in [0.25, 0.3) is 0 Å². The first-order valence-corrected chi connectivity index (χ1v) is 8.01. The number of nitrogens with two attached hydrogens (primary N) is 1. The van der Waals surface area contributed by atoms with Gasteiger partial charge in [-0.2, -0.15) is 11.8 Å². The fourth-order valence-electron chi connectivity index (χ4n) is 1.55. The van der Waals surface area contributed by atoms with E-state index < -0.39 is 0 Å². The summed E-state index contributed by atoms with van der Waals surface area (Å²) in [7, 11) is 2.10. The van der Waals surface area contributed by atoms with Crippen LogP contribution in [0, 0.1) is 0 Å². The quantitative estimate of drug-likeness (QED) is 0.895. The molecule has 0 unspecified atom stereocenters. The summed E-state index contributed by atoms with van der Waals surface area (Å²) in [5, 5.41) is 1.09. The number of hydrogen-bond acceptors (Lipinski definition) is 5. The van der Waals surface area contributed by atoms with Gasteiger partial charge in [-0.05, 0) is 6.26 Å². The van der Waals surface area contributed by atoms with E-state index in [1.807, 2.05) is 11.8 Å². The highest BCUT2D eigenvalue weighted by Gasteiger charge is 2.23. The Morgan fingerprint density at radius 3 is 2.47 bits per heavy atom. The molecule has 0 fully saturated rings. The molecule has 1 rings (SSSR count). The van der Waals surface area contributed by atoms with Crippen LogP contribution in [0.1, 0.15) is 31.3 Å². The van der Waals surface area contributed by atoms with E-state index in [1.54, 1.807) is 11.3 Å². The summed E-state index contributed by atoms with van der Waals surface area (Å²) in [5.74, 6) is 1.12. The molecule has 1 aromatic heterocycles. The van der Waals surface area contributed by atoms with Gasteiger partial charge in [0.05, 0.1) is 5.69 Å². The van der Waals surface area contributed by atoms with Crippen molar-refractivity contribution in [3.05, 3.63) is 10.6 Å². The van der Waals surface area contributed by atoms with E-state index in [4.69, 9.17) is 10.7 Å². The monoisotopic (exact) mass is 273 g/mol. The third-order valence-electron chi connectivity index (χ3n) is 2.54. The Kier molecular flexibility index (Phi) is 5.28. The van der Waals surface area contributed by atoms with Gasteiger partial charge in [-0.3, -0.25) is 0 Å². The van der Waals surface area contributed by atoms with Crippen molar-refractivity contribution in [2.75, 3.05) is 30.5 Å². The zero-order chi connectivity index (χ0) is 13.1. The van der Waals surface area contributed by atoms with E-state index in [0.29, 0.717) is 6.54 Å². The van der Waals surface area contributed by atoms with Crippen LogP contribution in [0.5, 0.6) is 0 Å². The third-order valence-corrected chi connectivity index (χ3v) is 4.32. The van der Waals surface area contributed by atoms with Crippen LogP contribution in [0.4, 0.5) is 5.13 Å². The number of anilines is 1. The lowest BCUT2D eigenvalue weighted by molar-refractivity contribution is 0.566. The van der Waals surface area contributed by atoms with Crippen LogP contribution < -0.4 is 10.6 Å².